The second-order valence-electron chi connectivity index (χ2n) is 11.4. The molecule has 0 N–H and O–H groups in total. The number of aromatic nitrogens is 3. The zero-order valence-electron chi connectivity index (χ0n) is 22.7. The van der Waals surface area contributed by atoms with Gasteiger partial charge in [-0.2, -0.15) is 0 Å². The fourth-order valence-corrected chi connectivity index (χ4v) is 7.13. The molecule has 5 rings (SSSR count). The molecule has 3 aromatic rings. The molecule has 11 heteroatoms. The van der Waals surface area contributed by atoms with Crippen molar-refractivity contribution < 1.29 is 22.7 Å². The fourth-order valence-electron chi connectivity index (χ4n) is 5.54. The number of rotatable bonds is 5. The molecule has 1 amide bonds. The molecule has 0 atom stereocenters. The topological polar surface area (TPSA) is 104 Å². The monoisotopic (exact) mass is 574 g/mol. The minimum Gasteiger partial charge on any atom is -0.443 e. The van der Waals surface area contributed by atoms with Crippen LogP contribution in [0.5, 0.6) is 0 Å². The van der Waals surface area contributed by atoms with Gasteiger partial charge in [-0.15, -0.1) is 0 Å². The molecule has 0 saturated carbocycles. The number of likely N-dealkylation sites (tertiary alicyclic amines) is 1. The van der Waals surface area contributed by atoms with E-state index < -0.39 is 27.3 Å². The highest BCUT2D eigenvalue weighted by molar-refractivity contribution is 7.91. The van der Waals surface area contributed by atoms with Gasteiger partial charge in [0, 0.05) is 54.3 Å². The number of carbonyl (C=O) groups excluding carboxylic acids is 2. The van der Waals surface area contributed by atoms with Crippen molar-refractivity contribution in [2.24, 2.45) is 0 Å². The van der Waals surface area contributed by atoms with Crippen LogP contribution in [0, 0.1) is 0 Å². The summed E-state index contributed by atoms with van der Waals surface area (Å²) in [6.07, 6.45) is 6.08. The molecule has 1 saturated heterocycles. The lowest BCUT2D eigenvalue weighted by Gasteiger charge is -2.32. The quantitative estimate of drug-likeness (QED) is 0.416. The molecule has 9 nitrogen and oxygen atoms in total. The van der Waals surface area contributed by atoms with Gasteiger partial charge in [0.1, 0.15) is 16.5 Å². The molecule has 210 valence electrons. The Labute approximate surface area is 234 Å². The van der Waals surface area contributed by atoms with Crippen LogP contribution in [0.1, 0.15) is 70.3 Å². The molecular formula is C28H35ClN4O5S. The van der Waals surface area contributed by atoms with Gasteiger partial charge in [0.05, 0.1) is 11.3 Å². The Balaban J connectivity index is 1.27. The maximum Gasteiger partial charge on any atom is 0.420 e. The SMILES string of the molecule is CC(C)(C)OC(=O)n1c(S(=O)(=O)CCC(=O)N2CCC(c3ncc4n3CCCC4)CC2)cc2cc(Cl)ccc21. The van der Waals surface area contributed by atoms with Crippen molar-refractivity contribution in [3.63, 3.8) is 0 Å². The molecule has 0 spiro atoms. The largest absolute Gasteiger partial charge is 0.443 e. The molecule has 2 aliphatic rings. The first kappa shape index (κ1) is 27.7. The number of benzene rings is 1. The van der Waals surface area contributed by atoms with E-state index in [1.807, 2.05) is 6.20 Å². The van der Waals surface area contributed by atoms with Crippen molar-refractivity contribution in [1.29, 1.82) is 0 Å². The lowest BCUT2D eigenvalue weighted by atomic mass is 9.95. The number of hydrogen-bond acceptors (Lipinski definition) is 6. The van der Waals surface area contributed by atoms with Gasteiger partial charge in [0.2, 0.25) is 5.91 Å². The van der Waals surface area contributed by atoms with E-state index in [0.29, 0.717) is 34.9 Å². The number of fused-ring (bicyclic) bond motifs is 2. The highest BCUT2D eigenvalue weighted by Gasteiger charge is 2.31. The number of nitrogens with zero attached hydrogens (tertiary/aromatic N) is 4. The van der Waals surface area contributed by atoms with E-state index in [1.165, 1.54) is 24.6 Å². The first-order chi connectivity index (χ1) is 18.4. The average Bonchev–Trinajstić information content (AvgIpc) is 3.48. The Morgan fingerprint density at radius 1 is 1.10 bits per heavy atom. The van der Waals surface area contributed by atoms with Gasteiger partial charge in [-0.25, -0.2) is 22.8 Å². The van der Waals surface area contributed by atoms with Crippen LogP contribution in [0.3, 0.4) is 0 Å². The van der Waals surface area contributed by atoms with Crippen LogP contribution in [0.4, 0.5) is 4.79 Å². The van der Waals surface area contributed by atoms with Gasteiger partial charge in [0.15, 0.2) is 9.84 Å². The van der Waals surface area contributed by atoms with Crippen molar-refractivity contribution in [1.82, 2.24) is 19.0 Å². The van der Waals surface area contributed by atoms with Crippen molar-refractivity contribution in [2.75, 3.05) is 18.8 Å². The summed E-state index contributed by atoms with van der Waals surface area (Å²) < 4.78 is 35.8. The summed E-state index contributed by atoms with van der Waals surface area (Å²) in [7, 11) is -4.00. The first-order valence-corrected chi connectivity index (χ1v) is 15.6. The number of carbonyl (C=O) groups is 2. The molecule has 39 heavy (non-hydrogen) atoms. The minimum absolute atomic E-state index is 0.164. The zero-order chi connectivity index (χ0) is 27.9. The van der Waals surface area contributed by atoms with Gasteiger partial charge in [0.25, 0.3) is 0 Å². The van der Waals surface area contributed by atoms with Crippen LogP contribution < -0.4 is 0 Å². The third-order valence-corrected chi connectivity index (χ3v) is 9.37. The highest BCUT2D eigenvalue weighted by Crippen LogP contribution is 2.31. The van der Waals surface area contributed by atoms with E-state index in [2.05, 4.69) is 4.57 Å². The normalized spacial score (nSPS) is 16.9. The summed E-state index contributed by atoms with van der Waals surface area (Å²) in [4.78, 5) is 32.5. The Morgan fingerprint density at radius 3 is 2.56 bits per heavy atom. The lowest BCUT2D eigenvalue weighted by molar-refractivity contribution is -0.131. The maximum absolute atomic E-state index is 13.5. The van der Waals surface area contributed by atoms with Crippen LogP contribution >= 0.6 is 11.6 Å². The van der Waals surface area contributed by atoms with Gasteiger partial charge >= 0.3 is 6.09 Å². The third kappa shape index (κ3) is 5.87. The Kier molecular flexibility index (Phi) is 7.54. The van der Waals surface area contributed by atoms with Crippen molar-refractivity contribution in [3.05, 3.63) is 47.0 Å². The number of imidazole rings is 1. The second-order valence-corrected chi connectivity index (χ2v) is 13.9. The summed E-state index contributed by atoms with van der Waals surface area (Å²) in [6.45, 7) is 7.29. The van der Waals surface area contributed by atoms with E-state index in [-0.39, 0.29) is 17.4 Å². The molecule has 1 fully saturated rings. The Hall–Kier alpha value is -2.85. The van der Waals surface area contributed by atoms with E-state index in [9.17, 15) is 18.0 Å². The summed E-state index contributed by atoms with van der Waals surface area (Å²) >= 11 is 6.12. The zero-order valence-corrected chi connectivity index (χ0v) is 24.2. The Bertz CT molecular complexity index is 1510. The number of amides is 1. The molecule has 4 heterocycles. The standard InChI is InChI=1S/C28H35ClN4O5S/c1-28(2,3)38-27(35)33-23-8-7-21(29)16-20(23)17-25(33)39(36,37)15-11-24(34)31-13-9-19(10-14-31)26-30-18-22-6-4-5-12-32(22)26/h7-8,16-19H,4-6,9-15H2,1-3H3. The smallest absolute Gasteiger partial charge is 0.420 e. The average molecular weight is 575 g/mol. The molecule has 2 aromatic heterocycles. The molecule has 2 aliphatic heterocycles. The fraction of sp³-hybridized carbons (Fsp3) is 0.536. The second kappa shape index (κ2) is 10.6. The van der Waals surface area contributed by atoms with Crippen molar-refractivity contribution in [2.45, 2.75) is 82.4 Å². The number of aryl methyl sites for hydroxylation is 1. The summed E-state index contributed by atoms with van der Waals surface area (Å²) in [5.74, 6) is 0.812. The molecule has 1 aromatic carbocycles. The molecular weight excluding hydrogens is 540 g/mol. The molecule has 0 aliphatic carbocycles. The highest BCUT2D eigenvalue weighted by atomic mass is 35.5. The van der Waals surface area contributed by atoms with Gasteiger partial charge in [-0.05, 0) is 77.1 Å². The number of ether oxygens (including phenoxy) is 1. The van der Waals surface area contributed by atoms with Crippen molar-refractivity contribution >= 4 is 44.3 Å². The molecule has 0 bridgehead atoms. The summed E-state index contributed by atoms with van der Waals surface area (Å²) in [5.41, 5.74) is 0.853. The molecule has 0 unspecified atom stereocenters. The molecule has 0 radical (unpaired) electrons. The third-order valence-electron chi connectivity index (χ3n) is 7.46. The van der Waals surface area contributed by atoms with E-state index in [0.717, 1.165) is 36.2 Å². The van der Waals surface area contributed by atoms with Crippen LogP contribution in [0.25, 0.3) is 10.9 Å². The van der Waals surface area contributed by atoms with Crippen molar-refractivity contribution in [3.8, 4) is 0 Å². The number of sulfone groups is 1. The van der Waals surface area contributed by atoms with E-state index in [1.54, 1.807) is 43.9 Å². The van der Waals surface area contributed by atoms with E-state index >= 15 is 0 Å². The van der Waals surface area contributed by atoms with Crippen LogP contribution in [-0.4, -0.2) is 63.9 Å². The Morgan fingerprint density at radius 2 is 1.85 bits per heavy atom. The van der Waals surface area contributed by atoms with Crippen LogP contribution in [0.15, 0.2) is 35.5 Å². The number of halogens is 1. The summed E-state index contributed by atoms with van der Waals surface area (Å²) in [5, 5.41) is 0.716. The first-order valence-electron chi connectivity index (χ1n) is 13.5. The van der Waals surface area contributed by atoms with E-state index in [4.69, 9.17) is 21.3 Å². The number of piperidine rings is 1. The lowest BCUT2D eigenvalue weighted by Crippen LogP contribution is -2.39. The van der Waals surface area contributed by atoms with Gasteiger partial charge < -0.3 is 14.2 Å². The predicted octanol–water partition coefficient (Wildman–Crippen LogP) is 5.18. The minimum atomic E-state index is -4.00. The number of hydrogen-bond donors (Lipinski definition) is 0. The predicted molar refractivity (Wildman–Crippen MR) is 149 cm³/mol. The van der Waals surface area contributed by atoms with Crippen LogP contribution in [0.2, 0.25) is 5.02 Å². The van der Waals surface area contributed by atoms with Crippen LogP contribution in [-0.2, 0) is 32.3 Å². The van der Waals surface area contributed by atoms with Gasteiger partial charge in [-0.3, -0.25) is 4.79 Å². The van der Waals surface area contributed by atoms with Gasteiger partial charge in [-0.1, -0.05) is 11.6 Å². The summed E-state index contributed by atoms with van der Waals surface area (Å²) in [6, 6.07) is 6.20. The maximum atomic E-state index is 13.5.